The van der Waals surface area contributed by atoms with Crippen LogP contribution in [0.25, 0.3) is 0 Å². The first kappa shape index (κ1) is 25.6. The van der Waals surface area contributed by atoms with Crippen molar-refractivity contribution >= 4 is 14.0 Å². The third-order valence-corrected chi connectivity index (χ3v) is 13.1. The van der Waals surface area contributed by atoms with E-state index in [4.69, 9.17) is 9.16 Å². The molecular formula is C27H45NO2Si. The van der Waals surface area contributed by atoms with Gasteiger partial charge in [0.1, 0.15) is 5.75 Å². The topological polar surface area (TPSA) is 21.7 Å². The number of methoxy groups -OCH3 is 1. The van der Waals surface area contributed by atoms with Gasteiger partial charge in [-0.15, -0.1) is 6.58 Å². The highest BCUT2D eigenvalue weighted by atomic mass is 28.4. The molecule has 3 nitrogen and oxygen atoms in total. The summed E-state index contributed by atoms with van der Waals surface area (Å²) in [6, 6.07) is 6.65. The van der Waals surface area contributed by atoms with Gasteiger partial charge in [-0.1, -0.05) is 53.7 Å². The molecule has 1 unspecified atom stereocenters. The fourth-order valence-corrected chi connectivity index (χ4v) is 10.8. The second-order valence-corrected chi connectivity index (χ2v) is 15.4. The van der Waals surface area contributed by atoms with Crippen LogP contribution in [0.2, 0.25) is 16.6 Å². The van der Waals surface area contributed by atoms with Gasteiger partial charge < -0.3 is 14.1 Å². The Balaban J connectivity index is 2.33. The number of nitrogens with zero attached hydrogens (tertiary/aromatic N) is 1. The van der Waals surface area contributed by atoms with Gasteiger partial charge in [-0.05, 0) is 48.0 Å². The number of anilines is 1. The minimum atomic E-state index is -1.92. The zero-order valence-corrected chi connectivity index (χ0v) is 22.2. The summed E-state index contributed by atoms with van der Waals surface area (Å²) in [7, 11) is 1.99. The van der Waals surface area contributed by atoms with E-state index in [-0.39, 0.29) is 0 Å². The van der Waals surface area contributed by atoms with Gasteiger partial charge in [0.15, 0.2) is 0 Å². The molecule has 0 saturated heterocycles. The molecule has 1 atom stereocenters. The Morgan fingerprint density at radius 2 is 1.77 bits per heavy atom. The Hall–Kier alpha value is -1.68. The first-order valence-electron chi connectivity index (χ1n) is 12.1. The van der Waals surface area contributed by atoms with Crippen LogP contribution in [-0.4, -0.2) is 29.0 Å². The van der Waals surface area contributed by atoms with E-state index in [0.29, 0.717) is 22.5 Å². The molecule has 0 amide bonds. The number of ether oxygens (including phenoxy) is 1. The van der Waals surface area contributed by atoms with Crippen molar-refractivity contribution in [2.75, 3.05) is 25.6 Å². The van der Waals surface area contributed by atoms with E-state index in [1.807, 2.05) is 6.08 Å². The summed E-state index contributed by atoms with van der Waals surface area (Å²) in [6.45, 7) is 18.9. The Morgan fingerprint density at radius 1 is 1.13 bits per heavy atom. The molecular weight excluding hydrogens is 398 g/mol. The lowest BCUT2D eigenvalue weighted by Gasteiger charge is -2.43. The van der Waals surface area contributed by atoms with Gasteiger partial charge in [0.25, 0.3) is 8.32 Å². The van der Waals surface area contributed by atoms with Crippen molar-refractivity contribution in [2.45, 2.75) is 89.8 Å². The molecule has 0 spiro atoms. The largest absolute Gasteiger partial charge is 0.546 e. The molecule has 0 N–H and O–H groups in total. The van der Waals surface area contributed by atoms with Gasteiger partial charge in [0.2, 0.25) is 0 Å². The molecule has 174 valence electrons. The van der Waals surface area contributed by atoms with E-state index in [0.717, 1.165) is 31.6 Å². The van der Waals surface area contributed by atoms with Gasteiger partial charge >= 0.3 is 0 Å². The zero-order chi connectivity index (χ0) is 23.2. The third kappa shape index (κ3) is 5.77. The van der Waals surface area contributed by atoms with Crippen molar-refractivity contribution in [1.82, 2.24) is 0 Å². The number of hydrogen-bond donors (Lipinski definition) is 0. The highest BCUT2D eigenvalue weighted by Gasteiger charge is 2.47. The lowest BCUT2D eigenvalue weighted by molar-refractivity contribution is 0.334. The molecule has 1 aromatic rings. The SMILES string of the molecule is C=CCCN(C)c1ccc(C2C=C(O[Si](C(C)C)(C(C)C)C(C)C)CCC2)c(OC)c1. The van der Waals surface area contributed by atoms with Crippen LogP contribution < -0.4 is 9.64 Å². The Kier molecular flexibility index (Phi) is 9.29. The van der Waals surface area contributed by atoms with E-state index < -0.39 is 8.32 Å². The first-order chi connectivity index (χ1) is 14.7. The molecule has 1 aliphatic carbocycles. The van der Waals surface area contributed by atoms with Gasteiger partial charge in [-0.3, -0.25) is 0 Å². The molecule has 0 aliphatic heterocycles. The smallest absolute Gasteiger partial charge is 0.258 e. The van der Waals surface area contributed by atoms with E-state index in [1.54, 1.807) is 7.11 Å². The summed E-state index contributed by atoms with van der Waals surface area (Å²) >= 11 is 0. The zero-order valence-electron chi connectivity index (χ0n) is 21.2. The molecule has 0 fully saturated rings. The van der Waals surface area contributed by atoms with Crippen LogP contribution in [-0.2, 0) is 4.43 Å². The maximum Gasteiger partial charge on any atom is 0.258 e. The predicted molar refractivity (Wildman–Crippen MR) is 138 cm³/mol. The number of rotatable bonds is 11. The molecule has 31 heavy (non-hydrogen) atoms. The Bertz CT molecular complexity index is 732. The number of benzene rings is 1. The van der Waals surface area contributed by atoms with E-state index in [2.05, 4.69) is 84.3 Å². The van der Waals surface area contributed by atoms with Crippen LogP contribution in [0.15, 0.2) is 42.7 Å². The van der Waals surface area contributed by atoms with Crippen LogP contribution in [0.5, 0.6) is 5.75 Å². The van der Waals surface area contributed by atoms with Gasteiger partial charge in [0, 0.05) is 43.2 Å². The molecule has 0 aromatic heterocycles. The van der Waals surface area contributed by atoms with Crippen LogP contribution in [0.4, 0.5) is 5.69 Å². The highest BCUT2D eigenvalue weighted by Crippen LogP contribution is 2.46. The lowest BCUT2D eigenvalue weighted by Crippen LogP contribution is -2.47. The summed E-state index contributed by atoms with van der Waals surface area (Å²) in [4.78, 5) is 2.26. The Labute approximate surface area is 192 Å². The minimum Gasteiger partial charge on any atom is -0.546 e. The standard InChI is InChI=1S/C27H45NO2Si/c1-10-11-17-28(8)24-15-16-26(27(19-24)29-9)23-13-12-14-25(18-23)30-31(20(2)3,21(4)5)22(6)7/h10,15-16,18-23H,1,11-14,17H2,2-9H3. The van der Waals surface area contributed by atoms with Crippen LogP contribution >= 0.6 is 0 Å². The fourth-order valence-electron chi connectivity index (χ4n) is 5.46. The summed E-state index contributed by atoms with van der Waals surface area (Å²) in [6.07, 6.45) is 8.71. The maximum absolute atomic E-state index is 7.04. The highest BCUT2D eigenvalue weighted by molar-refractivity contribution is 6.77. The predicted octanol–water partition coefficient (Wildman–Crippen LogP) is 8.05. The summed E-state index contributed by atoms with van der Waals surface area (Å²) in [5, 5.41) is 0. The van der Waals surface area contributed by atoms with Gasteiger partial charge in [-0.2, -0.15) is 0 Å². The Morgan fingerprint density at radius 3 is 2.32 bits per heavy atom. The normalized spacial score (nSPS) is 17.1. The van der Waals surface area contributed by atoms with Crippen molar-refractivity contribution in [3.05, 3.63) is 48.3 Å². The third-order valence-electron chi connectivity index (χ3n) is 7.07. The van der Waals surface area contributed by atoms with Crippen molar-refractivity contribution in [3.8, 4) is 5.75 Å². The van der Waals surface area contributed by atoms with E-state index in [9.17, 15) is 0 Å². The molecule has 4 heteroatoms. The molecule has 0 bridgehead atoms. The number of allylic oxidation sites excluding steroid dienone is 2. The van der Waals surface area contributed by atoms with Gasteiger partial charge in [-0.25, -0.2) is 0 Å². The monoisotopic (exact) mass is 443 g/mol. The number of hydrogen-bond acceptors (Lipinski definition) is 3. The van der Waals surface area contributed by atoms with Crippen molar-refractivity contribution in [3.63, 3.8) is 0 Å². The van der Waals surface area contributed by atoms with Crippen molar-refractivity contribution < 1.29 is 9.16 Å². The van der Waals surface area contributed by atoms with Crippen LogP contribution in [0, 0.1) is 0 Å². The first-order valence-corrected chi connectivity index (χ1v) is 14.2. The van der Waals surface area contributed by atoms with Crippen LogP contribution in [0.1, 0.15) is 78.7 Å². The van der Waals surface area contributed by atoms with E-state index in [1.165, 1.54) is 23.4 Å². The molecule has 2 rings (SSSR count). The summed E-state index contributed by atoms with van der Waals surface area (Å²) in [5.74, 6) is 2.54. The molecule has 1 aromatic carbocycles. The fraction of sp³-hybridized carbons (Fsp3) is 0.630. The average Bonchev–Trinajstić information content (AvgIpc) is 2.74. The van der Waals surface area contributed by atoms with Crippen LogP contribution in [0.3, 0.4) is 0 Å². The van der Waals surface area contributed by atoms with E-state index >= 15 is 0 Å². The van der Waals surface area contributed by atoms with Crippen molar-refractivity contribution in [1.29, 1.82) is 0 Å². The van der Waals surface area contributed by atoms with Crippen molar-refractivity contribution in [2.24, 2.45) is 0 Å². The lowest BCUT2D eigenvalue weighted by atomic mass is 9.88. The second kappa shape index (κ2) is 11.3. The summed E-state index contributed by atoms with van der Waals surface area (Å²) in [5.41, 5.74) is 4.23. The van der Waals surface area contributed by atoms with Gasteiger partial charge in [0.05, 0.1) is 12.9 Å². The molecule has 0 heterocycles. The maximum atomic E-state index is 7.04. The minimum absolute atomic E-state index is 0.351. The summed E-state index contributed by atoms with van der Waals surface area (Å²) < 4.78 is 12.9. The molecule has 0 saturated carbocycles. The molecule has 0 radical (unpaired) electrons. The average molecular weight is 444 g/mol. The molecule has 1 aliphatic rings. The quantitative estimate of drug-likeness (QED) is 0.255. The second-order valence-electron chi connectivity index (χ2n) is 9.98.